The maximum Gasteiger partial charge on any atom is 0.217 e. The first-order valence-corrected chi connectivity index (χ1v) is 8.78. The lowest BCUT2D eigenvalue weighted by Crippen LogP contribution is -2.45. The van der Waals surface area contributed by atoms with Gasteiger partial charge in [-0.15, -0.1) is 11.8 Å². The van der Waals surface area contributed by atoms with Gasteiger partial charge in [-0.05, 0) is 17.7 Å². The van der Waals surface area contributed by atoms with Crippen LogP contribution in [-0.2, 0) is 16.1 Å². The molecule has 0 radical (unpaired) electrons. The van der Waals surface area contributed by atoms with Gasteiger partial charge < -0.3 is 15.2 Å². The van der Waals surface area contributed by atoms with Crippen molar-refractivity contribution in [3.8, 4) is 0 Å². The average molecular weight is 345 g/mol. The largest absolute Gasteiger partial charge is 0.394 e. The molecule has 128 valence electrons. The molecule has 0 saturated carbocycles. The Morgan fingerprint density at radius 3 is 2.33 bits per heavy atom. The van der Waals surface area contributed by atoms with E-state index in [2.05, 4.69) is 5.32 Å². The molecular weight excluding hydrogens is 322 g/mol. The van der Waals surface area contributed by atoms with Crippen LogP contribution in [0.15, 0.2) is 65.6 Å². The molecule has 0 aliphatic heterocycles. The molecule has 2 atom stereocenters. The third kappa shape index (κ3) is 6.35. The van der Waals surface area contributed by atoms with Gasteiger partial charge in [-0.1, -0.05) is 48.5 Å². The van der Waals surface area contributed by atoms with Crippen LogP contribution in [0.4, 0.5) is 0 Å². The Balaban J connectivity index is 1.99. The van der Waals surface area contributed by atoms with Gasteiger partial charge in [0.25, 0.3) is 0 Å². The molecule has 0 heterocycles. The van der Waals surface area contributed by atoms with Crippen molar-refractivity contribution in [2.75, 3.05) is 13.2 Å². The van der Waals surface area contributed by atoms with Crippen molar-refractivity contribution in [2.45, 2.75) is 29.7 Å². The number of hydrogen-bond donors (Lipinski definition) is 2. The van der Waals surface area contributed by atoms with E-state index < -0.39 is 0 Å². The van der Waals surface area contributed by atoms with Crippen LogP contribution in [0.2, 0.25) is 0 Å². The minimum absolute atomic E-state index is 0.0787. The van der Waals surface area contributed by atoms with Crippen molar-refractivity contribution in [1.29, 1.82) is 0 Å². The van der Waals surface area contributed by atoms with E-state index in [1.54, 1.807) is 11.8 Å². The number of rotatable bonds is 9. The fourth-order valence-electron chi connectivity index (χ4n) is 2.29. The van der Waals surface area contributed by atoms with Crippen LogP contribution in [0.25, 0.3) is 0 Å². The lowest BCUT2D eigenvalue weighted by atomic mass is 10.2. The number of benzene rings is 2. The summed E-state index contributed by atoms with van der Waals surface area (Å²) in [5.74, 6) is -0.157. The number of amides is 1. The molecule has 2 aromatic carbocycles. The van der Waals surface area contributed by atoms with Crippen LogP contribution < -0.4 is 5.32 Å². The highest BCUT2D eigenvalue weighted by Gasteiger charge is 2.23. The number of hydrogen-bond acceptors (Lipinski definition) is 4. The van der Waals surface area contributed by atoms with Gasteiger partial charge in [0.05, 0.1) is 31.1 Å². The third-order valence-electron chi connectivity index (χ3n) is 3.46. The van der Waals surface area contributed by atoms with Crippen molar-refractivity contribution in [3.63, 3.8) is 0 Å². The molecule has 0 aliphatic rings. The highest BCUT2D eigenvalue weighted by Crippen LogP contribution is 2.26. The molecule has 2 aromatic rings. The quantitative estimate of drug-likeness (QED) is 0.686. The highest BCUT2D eigenvalue weighted by molar-refractivity contribution is 8.00. The molecule has 0 aliphatic carbocycles. The summed E-state index contributed by atoms with van der Waals surface area (Å²) in [7, 11) is 0. The summed E-state index contributed by atoms with van der Waals surface area (Å²) < 4.78 is 5.84. The summed E-state index contributed by atoms with van der Waals surface area (Å²) in [6, 6.07) is 19.5. The van der Waals surface area contributed by atoms with Crippen molar-refractivity contribution >= 4 is 17.7 Å². The fraction of sp³-hybridized carbons (Fsp3) is 0.316. The number of carbonyl (C=O) groups excluding carboxylic acids is 1. The Kier molecular flexibility index (Phi) is 7.82. The first-order chi connectivity index (χ1) is 11.7. The van der Waals surface area contributed by atoms with Gasteiger partial charge in [-0.3, -0.25) is 4.79 Å². The molecule has 2 rings (SSSR count). The van der Waals surface area contributed by atoms with Gasteiger partial charge in [0.2, 0.25) is 5.91 Å². The predicted molar refractivity (Wildman–Crippen MR) is 96.9 cm³/mol. The van der Waals surface area contributed by atoms with Crippen molar-refractivity contribution in [1.82, 2.24) is 5.32 Å². The minimum atomic E-state index is -0.358. The summed E-state index contributed by atoms with van der Waals surface area (Å²) in [5, 5.41) is 12.4. The molecule has 0 saturated heterocycles. The molecule has 0 unspecified atom stereocenters. The van der Waals surface area contributed by atoms with Gasteiger partial charge in [0, 0.05) is 11.8 Å². The van der Waals surface area contributed by atoms with Gasteiger partial charge >= 0.3 is 0 Å². The molecular formula is C19H23NO3S. The van der Waals surface area contributed by atoms with Crippen molar-refractivity contribution in [3.05, 3.63) is 66.2 Å². The topological polar surface area (TPSA) is 58.6 Å². The van der Waals surface area contributed by atoms with Gasteiger partial charge in [0.15, 0.2) is 0 Å². The van der Waals surface area contributed by atoms with Gasteiger partial charge in [0.1, 0.15) is 0 Å². The third-order valence-corrected chi connectivity index (χ3v) is 4.77. The predicted octanol–water partition coefficient (Wildman–Crippen LogP) is 2.86. The molecule has 1 amide bonds. The molecule has 0 spiro atoms. The Morgan fingerprint density at radius 1 is 1.12 bits per heavy atom. The van der Waals surface area contributed by atoms with Crippen molar-refractivity contribution in [2.24, 2.45) is 0 Å². The second-order valence-electron chi connectivity index (χ2n) is 5.46. The Hall–Kier alpha value is -1.82. The zero-order valence-corrected chi connectivity index (χ0v) is 14.5. The zero-order chi connectivity index (χ0) is 17.2. The van der Waals surface area contributed by atoms with Crippen LogP contribution in [0.1, 0.15) is 12.5 Å². The average Bonchev–Trinajstić information content (AvgIpc) is 2.60. The van der Waals surface area contributed by atoms with E-state index in [0.717, 1.165) is 10.5 Å². The summed E-state index contributed by atoms with van der Waals surface area (Å²) >= 11 is 1.60. The Bertz CT molecular complexity index is 607. The fourth-order valence-corrected chi connectivity index (χ4v) is 3.44. The Labute approximate surface area is 147 Å². The molecule has 0 fully saturated rings. The van der Waals surface area contributed by atoms with Crippen LogP contribution in [0, 0.1) is 0 Å². The molecule has 5 heteroatoms. The first kappa shape index (κ1) is 18.5. The lowest BCUT2D eigenvalue weighted by Gasteiger charge is -2.25. The number of aliphatic hydroxyl groups excluding tert-OH is 1. The van der Waals surface area contributed by atoms with Gasteiger partial charge in [-0.25, -0.2) is 0 Å². The maximum absolute atomic E-state index is 11.4. The van der Waals surface area contributed by atoms with E-state index >= 15 is 0 Å². The molecule has 2 N–H and O–H groups in total. The summed E-state index contributed by atoms with van der Waals surface area (Å²) in [6.07, 6.45) is 0. The van der Waals surface area contributed by atoms with E-state index in [0.29, 0.717) is 13.2 Å². The van der Waals surface area contributed by atoms with Crippen LogP contribution >= 0.6 is 11.8 Å². The lowest BCUT2D eigenvalue weighted by molar-refractivity contribution is -0.120. The zero-order valence-electron chi connectivity index (χ0n) is 13.7. The molecule has 4 nitrogen and oxygen atoms in total. The minimum Gasteiger partial charge on any atom is -0.394 e. The highest BCUT2D eigenvalue weighted by atomic mass is 32.2. The number of aliphatic hydroxyl groups is 1. The second kappa shape index (κ2) is 10.1. The van der Waals surface area contributed by atoms with E-state index in [4.69, 9.17) is 4.74 Å². The molecule has 0 bridgehead atoms. The smallest absolute Gasteiger partial charge is 0.217 e. The molecule has 0 aromatic heterocycles. The van der Waals surface area contributed by atoms with Crippen LogP contribution in [-0.4, -0.2) is 35.5 Å². The molecule has 24 heavy (non-hydrogen) atoms. The SMILES string of the molecule is CC(=O)N[C@H](CO)[C@@H](COCc1ccccc1)Sc1ccccc1. The Morgan fingerprint density at radius 2 is 1.75 bits per heavy atom. The number of thioether (sulfide) groups is 1. The van der Waals surface area contributed by atoms with E-state index in [1.165, 1.54) is 6.92 Å². The summed E-state index contributed by atoms with van der Waals surface area (Å²) in [4.78, 5) is 12.5. The monoisotopic (exact) mass is 345 g/mol. The van der Waals surface area contributed by atoms with Crippen molar-refractivity contribution < 1.29 is 14.6 Å². The second-order valence-corrected chi connectivity index (χ2v) is 6.77. The van der Waals surface area contributed by atoms with Crippen LogP contribution in [0.3, 0.4) is 0 Å². The van der Waals surface area contributed by atoms with E-state index in [-0.39, 0.29) is 23.8 Å². The number of carbonyl (C=O) groups is 1. The summed E-state index contributed by atoms with van der Waals surface area (Å²) in [5.41, 5.74) is 1.10. The van der Waals surface area contributed by atoms with E-state index in [9.17, 15) is 9.90 Å². The van der Waals surface area contributed by atoms with Crippen LogP contribution in [0.5, 0.6) is 0 Å². The number of ether oxygens (including phenoxy) is 1. The normalized spacial score (nSPS) is 13.2. The standard InChI is InChI=1S/C19H23NO3S/c1-15(22)20-18(12-21)19(24-17-10-6-3-7-11-17)14-23-13-16-8-4-2-5-9-16/h2-11,18-19,21H,12-14H2,1H3,(H,20,22)/t18-,19-/m1/s1. The number of nitrogens with one attached hydrogen (secondary N) is 1. The van der Waals surface area contributed by atoms with Gasteiger partial charge in [-0.2, -0.15) is 0 Å². The van der Waals surface area contributed by atoms with E-state index in [1.807, 2.05) is 60.7 Å². The first-order valence-electron chi connectivity index (χ1n) is 7.90. The maximum atomic E-state index is 11.4. The summed E-state index contributed by atoms with van der Waals surface area (Å²) in [6.45, 7) is 2.27.